The molecule has 0 bridgehead atoms. The molecule has 2 aromatic carbocycles. The highest BCUT2D eigenvalue weighted by Crippen LogP contribution is 2.37. The van der Waals surface area contributed by atoms with Gasteiger partial charge in [-0.1, -0.05) is 32.9 Å². The molecule has 0 saturated heterocycles. The molecule has 2 aromatic heterocycles. The second-order valence-electron chi connectivity index (χ2n) is 10.4. The van der Waals surface area contributed by atoms with Crippen molar-refractivity contribution in [2.24, 2.45) is 12.5 Å². The molecule has 1 unspecified atom stereocenters. The quantitative estimate of drug-likeness (QED) is 0.322. The van der Waals surface area contributed by atoms with Gasteiger partial charge in [-0.3, -0.25) is 9.67 Å². The molecule has 6 nitrogen and oxygen atoms in total. The molecule has 4 rings (SSSR count). The fourth-order valence-electron chi connectivity index (χ4n) is 4.49. The Morgan fingerprint density at radius 2 is 1.89 bits per heavy atom. The molecule has 0 aliphatic rings. The molecule has 2 N–H and O–H groups in total. The third-order valence-corrected chi connectivity index (χ3v) is 6.74. The van der Waals surface area contributed by atoms with E-state index < -0.39 is 23.2 Å². The molecule has 8 heteroatoms. The molecular weight excluding hydrogens is 474 g/mol. The van der Waals surface area contributed by atoms with Crippen LogP contribution in [-0.4, -0.2) is 33.5 Å². The molecule has 196 valence electrons. The Balaban J connectivity index is 1.67. The lowest BCUT2D eigenvalue weighted by Gasteiger charge is -2.25. The van der Waals surface area contributed by atoms with E-state index in [2.05, 4.69) is 15.4 Å². The van der Waals surface area contributed by atoms with E-state index in [9.17, 15) is 9.50 Å². The Kier molecular flexibility index (Phi) is 7.62. The van der Waals surface area contributed by atoms with Gasteiger partial charge in [-0.05, 0) is 54.1 Å². The Bertz CT molecular complexity index is 1430. The van der Waals surface area contributed by atoms with Crippen LogP contribution in [0.1, 0.15) is 49.4 Å². The number of nitrogens with zero attached hydrogens (tertiary/aromatic N) is 3. The lowest BCUT2D eigenvalue weighted by molar-refractivity contribution is 0.0575. The largest absolute Gasteiger partial charge is 0.489 e. The monoisotopic (exact) mass is 508 g/mol. The van der Waals surface area contributed by atoms with Crippen molar-refractivity contribution in [1.82, 2.24) is 20.1 Å². The molecule has 0 amide bonds. The minimum absolute atomic E-state index is 0.0896. The van der Waals surface area contributed by atoms with Crippen LogP contribution >= 0.6 is 0 Å². The van der Waals surface area contributed by atoms with Crippen molar-refractivity contribution >= 4 is 10.8 Å². The number of aliphatic hydroxyl groups excluding tert-OH is 1. The highest BCUT2D eigenvalue weighted by atomic mass is 19.2. The number of aryl methyl sites for hydroxylation is 1. The number of ether oxygens (including phenoxy) is 1. The van der Waals surface area contributed by atoms with Gasteiger partial charge in [0.2, 0.25) is 5.82 Å². The molecule has 0 radical (unpaired) electrons. The number of rotatable bonds is 8. The van der Waals surface area contributed by atoms with Crippen molar-refractivity contribution < 1.29 is 18.6 Å². The average molecular weight is 509 g/mol. The van der Waals surface area contributed by atoms with E-state index in [1.165, 1.54) is 6.07 Å². The molecule has 2 heterocycles. The van der Waals surface area contributed by atoms with Gasteiger partial charge in [-0.25, -0.2) is 4.39 Å². The van der Waals surface area contributed by atoms with Crippen LogP contribution in [0.2, 0.25) is 0 Å². The highest BCUT2D eigenvalue weighted by molar-refractivity contribution is 5.90. The van der Waals surface area contributed by atoms with Gasteiger partial charge in [-0.2, -0.15) is 9.49 Å². The smallest absolute Gasteiger partial charge is 0.201 e. The summed E-state index contributed by atoms with van der Waals surface area (Å²) >= 11 is 0. The first-order valence-corrected chi connectivity index (χ1v) is 12.4. The van der Waals surface area contributed by atoms with E-state index in [0.29, 0.717) is 29.8 Å². The van der Waals surface area contributed by atoms with Gasteiger partial charge in [0.15, 0.2) is 11.6 Å². The van der Waals surface area contributed by atoms with Gasteiger partial charge >= 0.3 is 0 Å². The number of halogens is 2. The van der Waals surface area contributed by atoms with Crippen LogP contribution in [0.3, 0.4) is 0 Å². The molecular formula is C29H34F2N4O2. The zero-order chi connectivity index (χ0) is 26.9. The molecule has 1 atom stereocenters. The summed E-state index contributed by atoms with van der Waals surface area (Å²) in [4.78, 5) is 4.29. The number of hydrogen-bond acceptors (Lipinski definition) is 5. The first-order chi connectivity index (χ1) is 17.5. The van der Waals surface area contributed by atoms with E-state index in [-0.39, 0.29) is 12.4 Å². The number of pyridine rings is 1. The Morgan fingerprint density at radius 3 is 2.59 bits per heavy atom. The van der Waals surface area contributed by atoms with Gasteiger partial charge in [0.05, 0.1) is 12.3 Å². The maximum Gasteiger partial charge on any atom is 0.201 e. The van der Waals surface area contributed by atoms with E-state index in [1.807, 2.05) is 60.0 Å². The maximum absolute atomic E-state index is 15.1. The van der Waals surface area contributed by atoms with Crippen LogP contribution < -0.4 is 10.1 Å². The Morgan fingerprint density at radius 1 is 1.14 bits per heavy atom. The van der Waals surface area contributed by atoms with Crippen molar-refractivity contribution in [3.05, 3.63) is 76.9 Å². The molecule has 0 aliphatic carbocycles. The average Bonchev–Trinajstić information content (AvgIpc) is 3.14. The van der Waals surface area contributed by atoms with Crippen molar-refractivity contribution in [3.63, 3.8) is 0 Å². The molecule has 0 fully saturated rings. The second-order valence-corrected chi connectivity index (χ2v) is 10.4. The van der Waals surface area contributed by atoms with E-state index >= 15 is 4.39 Å². The number of fused-ring (bicyclic) bond motifs is 1. The summed E-state index contributed by atoms with van der Waals surface area (Å²) in [7, 11) is 3.68. The van der Waals surface area contributed by atoms with Crippen LogP contribution in [0, 0.1) is 24.0 Å². The predicted octanol–water partition coefficient (Wildman–Crippen LogP) is 5.64. The first-order valence-electron chi connectivity index (χ1n) is 12.4. The van der Waals surface area contributed by atoms with E-state index in [4.69, 9.17) is 4.74 Å². The van der Waals surface area contributed by atoms with Gasteiger partial charge < -0.3 is 15.2 Å². The van der Waals surface area contributed by atoms with E-state index in [1.54, 1.807) is 17.1 Å². The summed E-state index contributed by atoms with van der Waals surface area (Å²) in [5.74, 6) is -2.13. The van der Waals surface area contributed by atoms with Crippen molar-refractivity contribution in [3.8, 4) is 16.9 Å². The molecule has 0 spiro atoms. The van der Waals surface area contributed by atoms with Gasteiger partial charge in [0.25, 0.3) is 0 Å². The molecule has 37 heavy (non-hydrogen) atoms. The Hall–Kier alpha value is -3.36. The summed E-state index contributed by atoms with van der Waals surface area (Å²) < 4.78 is 37.0. The molecule has 0 saturated carbocycles. The number of aromatic nitrogens is 3. The summed E-state index contributed by atoms with van der Waals surface area (Å²) in [5, 5.41) is 20.5. The van der Waals surface area contributed by atoms with Crippen molar-refractivity contribution in [2.75, 3.05) is 13.7 Å². The minimum atomic E-state index is -1.03. The third kappa shape index (κ3) is 5.36. The maximum atomic E-state index is 15.1. The number of aliphatic hydroxyl groups is 1. The van der Waals surface area contributed by atoms with Crippen molar-refractivity contribution in [2.45, 2.75) is 46.8 Å². The summed E-state index contributed by atoms with van der Waals surface area (Å²) in [6, 6.07) is 8.38. The standard InChI is InChI=1S/C29H34F2N4O2/c1-17-21(26(34-35(17)6)28(36)29(2,3)4)11-12-37-27-22(9-10-24(30)25(27)31)18-7-8-19-15-33-16-20(14-32-5)23(19)13-18/h7-10,13,15-16,28,32,36H,11-12,14H2,1-6H3. The summed E-state index contributed by atoms with van der Waals surface area (Å²) in [6.07, 6.45) is 3.18. The number of benzene rings is 2. The molecule has 4 aromatic rings. The molecule has 0 aliphatic heterocycles. The minimum Gasteiger partial charge on any atom is -0.489 e. The van der Waals surface area contributed by atoms with Crippen LogP contribution in [0.15, 0.2) is 42.7 Å². The predicted molar refractivity (Wildman–Crippen MR) is 141 cm³/mol. The van der Waals surface area contributed by atoms with Crippen LogP contribution in [0.4, 0.5) is 8.78 Å². The van der Waals surface area contributed by atoms with Crippen LogP contribution in [-0.2, 0) is 20.0 Å². The zero-order valence-corrected chi connectivity index (χ0v) is 22.2. The summed E-state index contributed by atoms with van der Waals surface area (Å²) in [5.41, 5.74) is 4.09. The fourth-order valence-corrected chi connectivity index (χ4v) is 4.49. The Labute approximate surface area is 216 Å². The highest BCUT2D eigenvalue weighted by Gasteiger charge is 2.30. The zero-order valence-electron chi connectivity index (χ0n) is 22.2. The SMILES string of the molecule is CNCc1cncc2ccc(-c3ccc(F)c(F)c3OCCc3c(C(O)C(C)(C)C)nn(C)c3C)cc12. The van der Waals surface area contributed by atoms with Crippen LogP contribution in [0.25, 0.3) is 21.9 Å². The topological polar surface area (TPSA) is 72.2 Å². The van der Waals surface area contributed by atoms with Gasteiger partial charge in [-0.15, -0.1) is 0 Å². The number of nitrogens with one attached hydrogen (secondary N) is 1. The lowest BCUT2D eigenvalue weighted by atomic mass is 9.85. The third-order valence-electron chi connectivity index (χ3n) is 6.74. The first kappa shape index (κ1) is 26.7. The van der Waals surface area contributed by atoms with E-state index in [0.717, 1.165) is 33.7 Å². The van der Waals surface area contributed by atoms with Crippen molar-refractivity contribution in [1.29, 1.82) is 0 Å². The van der Waals surface area contributed by atoms with Crippen LogP contribution in [0.5, 0.6) is 5.75 Å². The number of hydrogen-bond donors (Lipinski definition) is 2. The summed E-state index contributed by atoms with van der Waals surface area (Å²) in [6.45, 7) is 8.46. The lowest BCUT2D eigenvalue weighted by Crippen LogP contribution is -2.20. The normalized spacial score (nSPS) is 12.8. The fraction of sp³-hybridized carbons (Fsp3) is 0.379. The second kappa shape index (κ2) is 10.6. The van der Waals surface area contributed by atoms with Gasteiger partial charge in [0, 0.05) is 54.6 Å². The van der Waals surface area contributed by atoms with Gasteiger partial charge in [0.1, 0.15) is 6.10 Å².